The number of anilines is 1. The van der Waals surface area contributed by atoms with Crippen molar-refractivity contribution >= 4 is 16.6 Å². The van der Waals surface area contributed by atoms with Gasteiger partial charge in [0.25, 0.3) is 0 Å². The van der Waals surface area contributed by atoms with E-state index in [4.69, 9.17) is 4.74 Å². The summed E-state index contributed by atoms with van der Waals surface area (Å²) in [4.78, 5) is 4.45. The lowest BCUT2D eigenvalue weighted by atomic mass is 10.1. The molecule has 0 aliphatic carbocycles. The molecule has 0 atom stereocenters. The van der Waals surface area contributed by atoms with E-state index in [1.807, 2.05) is 35.1 Å². The van der Waals surface area contributed by atoms with Crippen molar-refractivity contribution in [1.29, 1.82) is 0 Å². The number of hydrogen-bond donors (Lipinski definition) is 1. The SMILES string of the molecule is COc1ccc2ccnc(Nn3c(C)ccc3C)c2c1. The summed E-state index contributed by atoms with van der Waals surface area (Å²) in [6.07, 6.45) is 1.81. The second-order valence-electron chi connectivity index (χ2n) is 4.81. The minimum absolute atomic E-state index is 0.823. The Morgan fingerprint density at radius 3 is 2.50 bits per heavy atom. The minimum Gasteiger partial charge on any atom is -0.497 e. The number of hydrogen-bond acceptors (Lipinski definition) is 3. The Morgan fingerprint density at radius 2 is 1.80 bits per heavy atom. The van der Waals surface area contributed by atoms with Crippen LogP contribution in [0, 0.1) is 13.8 Å². The fourth-order valence-corrected chi connectivity index (χ4v) is 2.31. The van der Waals surface area contributed by atoms with Crippen LogP contribution in [0.15, 0.2) is 42.6 Å². The highest BCUT2D eigenvalue weighted by atomic mass is 16.5. The van der Waals surface area contributed by atoms with Gasteiger partial charge in [0.05, 0.1) is 7.11 Å². The zero-order chi connectivity index (χ0) is 14.1. The standard InChI is InChI=1S/C16H17N3O/c1-11-4-5-12(2)19(11)18-16-15-10-14(20-3)7-6-13(15)8-9-17-16/h4-10H,1-3H3,(H,17,18). The van der Waals surface area contributed by atoms with Crippen LogP contribution in [0.5, 0.6) is 5.75 Å². The summed E-state index contributed by atoms with van der Waals surface area (Å²) < 4.78 is 7.33. The number of rotatable bonds is 3. The highest BCUT2D eigenvalue weighted by molar-refractivity contribution is 5.92. The van der Waals surface area contributed by atoms with Gasteiger partial charge in [0, 0.05) is 23.0 Å². The minimum atomic E-state index is 0.823. The van der Waals surface area contributed by atoms with Gasteiger partial charge in [0.15, 0.2) is 5.82 Å². The van der Waals surface area contributed by atoms with E-state index in [2.05, 4.69) is 36.4 Å². The van der Waals surface area contributed by atoms with Crippen molar-refractivity contribution in [3.63, 3.8) is 0 Å². The maximum atomic E-state index is 5.30. The number of ether oxygens (including phenoxy) is 1. The highest BCUT2D eigenvalue weighted by Gasteiger charge is 2.06. The number of fused-ring (bicyclic) bond motifs is 1. The zero-order valence-corrected chi connectivity index (χ0v) is 11.8. The van der Waals surface area contributed by atoms with E-state index >= 15 is 0 Å². The summed E-state index contributed by atoms with van der Waals surface area (Å²) in [7, 11) is 1.67. The molecule has 0 unspecified atom stereocenters. The number of nitrogens with zero attached hydrogens (tertiary/aromatic N) is 2. The molecule has 0 spiro atoms. The fraction of sp³-hybridized carbons (Fsp3) is 0.188. The van der Waals surface area contributed by atoms with Crippen LogP contribution >= 0.6 is 0 Å². The summed E-state index contributed by atoms with van der Waals surface area (Å²) in [5.74, 6) is 1.65. The van der Waals surface area contributed by atoms with Crippen LogP contribution in [0.4, 0.5) is 5.82 Å². The Hall–Kier alpha value is -2.49. The normalized spacial score (nSPS) is 10.8. The molecule has 0 bridgehead atoms. The maximum Gasteiger partial charge on any atom is 0.152 e. The zero-order valence-electron chi connectivity index (χ0n) is 11.8. The number of nitrogens with one attached hydrogen (secondary N) is 1. The van der Waals surface area contributed by atoms with E-state index < -0.39 is 0 Å². The van der Waals surface area contributed by atoms with Gasteiger partial charge in [0.2, 0.25) is 0 Å². The van der Waals surface area contributed by atoms with Gasteiger partial charge in [0.1, 0.15) is 5.75 Å². The van der Waals surface area contributed by atoms with E-state index in [-0.39, 0.29) is 0 Å². The second kappa shape index (κ2) is 4.89. The van der Waals surface area contributed by atoms with Gasteiger partial charge in [-0.1, -0.05) is 6.07 Å². The third-order valence-electron chi connectivity index (χ3n) is 3.46. The molecular weight excluding hydrogens is 250 g/mol. The molecule has 0 fully saturated rings. The van der Waals surface area contributed by atoms with Crippen LogP contribution in [0.3, 0.4) is 0 Å². The van der Waals surface area contributed by atoms with Crippen molar-refractivity contribution in [3.05, 3.63) is 54.0 Å². The molecule has 4 heteroatoms. The molecule has 3 aromatic rings. The van der Waals surface area contributed by atoms with Gasteiger partial charge in [-0.25, -0.2) is 4.98 Å². The van der Waals surface area contributed by atoms with Crippen molar-refractivity contribution in [1.82, 2.24) is 9.66 Å². The van der Waals surface area contributed by atoms with Crippen LogP contribution in [-0.4, -0.2) is 16.8 Å². The van der Waals surface area contributed by atoms with E-state index in [0.29, 0.717) is 0 Å². The summed E-state index contributed by atoms with van der Waals surface area (Å²) in [6.45, 7) is 4.12. The molecule has 102 valence electrons. The largest absolute Gasteiger partial charge is 0.497 e. The van der Waals surface area contributed by atoms with E-state index in [0.717, 1.165) is 33.7 Å². The number of methoxy groups -OCH3 is 1. The van der Waals surface area contributed by atoms with Crippen LogP contribution in [0.2, 0.25) is 0 Å². The quantitative estimate of drug-likeness (QED) is 0.789. The van der Waals surface area contributed by atoms with Gasteiger partial charge in [-0.2, -0.15) is 0 Å². The molecule has 4 nitrogen and oxygen atoms in total. The molecule has 0 radical (unpaired) electrons. The van der Waals surface area contributed by atoms with Crippen LogP contribution < -0.4 is 10.2 Å². The second-order valence-corrected chi connectivity index (χ2v) is 4.81. The molecule has 0 saturated carbocycles. The van der Waals surface area contributed by atoms with Crippen molar-refractivity contribution in [2.45, 2.75) is 13.8 Å². The Kier molecular flexibility index (Phi) is 3.06. The smallest absolute Gasteiger partial charge is 0.152 e. The predicted molar refractivity (Wildman–Crippen MR) is 81.2 cm³/mol. The summed E-state index contributed by atoms with van der Waals surface area (Å²) in [5, 5.41) is 2.17. The lowest BCUT2D eigenvalue weighted by molar-refractivity contribution is 0.415. The number of aromatic nitrogens is 2. The highest BCUT2D eigenvalue weighted by Crippen LogP contribution is 2.26. The van der Waals surface area contributed by atoms with Crippen LogP contribution in [0.25, 0.3) is 10.8 Å². The molecule has 3 rings (SSSR count). The number of aryl methyl sites for hydroxylation is 2. The molecule has 1 aromatic carbocycles. The summed E-state index contributed by atoms with van der Waals surface area (Å²) in [5.41, 5.74) is 5.65. The summed E-state index contributed by atoms with van der Waals surface area (Å²) in [6, 6.07) is 12.1. The maximum absolute atomic E-state index is 5.30. The molecule has 2 heterocycles. The van der Waals surface area contributed by atoms with Crippen molar-refractivity contribution in [3.8, 4) is 5.75 Å². The molecule has 2 aromatic heterocycles. The van der Waals surface area contributed by atoms with Crippen molar-refractivity contribution in [2.24, 2.45) is 0 Å². The first kappa shape index (κ1) is 12.5. The lowest BCUT2D eigenvalue weighted by Crippen LogP contribution is -2.13. The third kappa shape index (κ3) is 2.09. The van der Waals surface area contributed by atoms with Crippen molar-refractivity contribution < 1.29 is 4.74 Å². The number of benzene rings is 1. The third-order valence-corrected chi connectivity index (χ3v) is 3.46. The predicted octanol–water partition coefficient (Wildman–Crippen LogP) is 3.54. The van der Waals surface area contributed by atoms with Crippen LogP contribution in [0.1, 0.15) is 11.4 Å². The fourth-order valence-electron chi connectivity index (χ4n) is 2.31. The average Bonchev–Trinajstić information content (AvgIpc) is 2.79. The van der Waals surface area contributed by atoms with E-state index in [1.165, 1.54) is 0 Å². The Balaban J connectivity index is 2.11. The monoisotopic (exact) mass is 267 g/mol. The molecule has 0 aliphatic rings. The molecular formula is C16H17N3O. The van der Waals surface area contributed by atoms with Gasteiger partial charge < -0.3 is 4.74 Å². The lowest BCUT2D eigenvalue weighted by Gasteiger charge is -2.14. The van der Waals surface area contributed by atoms with Crippen molar-refractivity contribution in [2.75, 3.05) is 12.5 Å². The molecule has 0 aliphatic heterocycles. The first-order valence-electron chi connectivity index (χ1n) is 6.54. The summed E-state index contributed by atoms with van der Waals surface area (Å²) >= 11 is 0. The topological polar surface area (TPSA) is 39.1 Å². The first-order chi connectivity index (χ1) is 9.69. The number of pyridine rings is 1. The van der Waals surface area contributed by atoms with Gasteiger partial charge in [-0.05, 0) is 49.6 Å². The first-order valence-corrected chi connectivity index (χ1v) is 6.54. The molecule has 20 heavy (non-hydrogen) atoms. The molecule has 0 saturated heterocycles. The van der Waals surface area contributed by atoms with E-state index in [1.54, 1.807) is 7.11 Å². The van der Waals surface area contributed by atoms with E-state index in [9.17, 15) is 0 Å². The van der Waals surface area contributed by atoms with Gasteiger partial charge >= 0.3 is 0 Å². The Bertz CT molecular complexity index is 742. The Morgan fingerprint density at radius 1 is 1.05 bits per heavy atom. The molecule has 1 N–H and O–H groups in total. The van der Waals surface area contributed by atoms with Crippen LogP contribution in [-0.2, 0) is 0 Å². The Labute approximate surface area is 118 Å². The van der Waals surface area contributed by atoms with Gasteiger partial charge in [-0.3, -0.25) is 10.1 Å². The average molecular weight is 267 g/mol. The van der Waals surface area contributed by atoms with Gasteiger partial charge in [-0.15, -0.1) is 0 Å². The molecule has 0 amide bonds.